The lowest BCUT2D eigenvalue weighted by Crippen LogP contribution is -2.74. The van der Waals surface area contributed by atoms with Gasteiger partial charge in [0.25, 0.3) is 0 Å². The lowest BCUT2D eigenvalue weighted by atomic mass is 10.1. The quantitative estimate of drug-likeness (QED) is 0.107. The molecule has 0 aliphatic carbocycles. The van der Waals surface area contributed by atoms with Crippen LogP contribution in [0.4, 0.5) is 0 Å². The summed E-state index contributed by atoms with van der Waals surface area (Å²) in [6.45, 7) is 0. The molecule has 3 aromatic heterocycles. The first kappa shape index (κ1) is 40.1. The van der Waals surface area contributed by atoms with Crippen molar-refractivity contribution in [2.45, 2.75) is 0 Å². The van der Waals surface area contributed by atoms with E-state index < -0.39 is 8.07 Å². The molecule has 0 aliphatic heterocycles. The topological polar surface area (TPSA) is 14.8 Å². The molecule has 0 saturated heterocycles. The van der Waals surface area contributed by atoms with Gasteiger partial charge in [-0.2, -0.15) is 0 Å². The van der Waals surface area contributed by atoms with Crippen molar-refractivity contribution in [3.05, 3.63) is 273 Å². The molecule has 0 bridgehead atoms. The van der Waals surface area contributed by atoms with Gasteiger partial charge in [-0.15, -0.1) is 0 Å². The second kappa shape index (κ2) is 16.1. The lowest BCUT2D eigenvalue weighted by molar-refractivity contribution is 1.13. The van der Waals surface area contributed by atoms with Gasteiger partial charge < -0.3 is 13.7 Å². The molecule has 11 aromatic carbocycles. The van der Waals surface area contributed by atoms with Crippen LogP contribution >= 0.6 is 0 Å². The van der Waals surface area contributed by atoms with Crippen LogP contribution in [0.1, 0.15) is 0 Å². The largest absolute Gasteiger partial charge is 0.309 e. The SMILES string of the molecule is c1ccc(-c2ccc(-n3c4ccccc4c4cccc(-n5c6ccccc6c6c(-n7c8ccccc8c8ccccc87)cc([Si](c7ccccc7)(c7ccccc7)c7ccccc7)cc65)c43)cc2)cc1. The third-order valence-corrected chi connectivity index (χ3v) is 19.5. The third kappa shape index (κ3) is 5.94. The van der Waals surface area contributed by atoms with Crippen LogP contribution in [0.2, 0.25) is 0 Å². The number of rotatable bonds is 8. The molecule has 0 radical (unpaired) electrons. The van der Waals surface area contributed by atoms with Crippen molar-refractivity contribution < 1.29 is 0 Å². The predicted octanol–water partition coefficient (Wildman–Crippen LogP) is 14.0. The highest BCUT2D eigenvalue weighted by Gasteiger charge is 2.42. The number of aromatic nitrogens is 3. The lowest BCUT2D eigenvalue weighted by Gasteiger charge is -2.35. The Hall–Kier alpha value is -8.96. The average Bonchev–Trinajstić information content (AvgIpc) is 4.09. The molecule has 4 heteroatoms. The monoisotopic (exact) mass is 907 g/mol. The van der Waals surface area contributed by atoms with E-state index in [-0.39, 0.29) is 0 Å². The van der Waals surface area contributed by atoms with Gasteiger partial charge >= 0.3 is 0 Å². The van der Waals surface area contributed by atoms with Gasteiger partial charge in [-0.25, -0.2) is 0 Å². The fourth-order valence-electron chi connectivity index (χ4n) is 11.9. The van der Waals surface area contributed by atoms with E-state index in [4.69, 9.17) is 0 Å². The van der Waals surface area contributed by atoms with Crippen LogP contribution in [0.5, 0.6) is 0 Å². The van der Waals surface area contributed by atoms with E-state index in [0.29, 0.717) is 0 Å². The van der Waals surface area contributed by atoms with Crippen LogP contribution in [0.25, 0.3) is 93.6 Å². The van der Waals surface area contributed by atoms with E-state index in [1.54, 1.807) is 0 Å². The van der Waals surface area contributed by atoms with Crippen LogP contribution in [-0.4, -0.2) is 21.8 Å². The van der Waals surface area contributed by atoms with Crippen molar-refractivity contribution in [3.8, 4) is 28.2 Å². The number of hydrogen-bond acceptors (Lipinski definition) is 0. The van der Waals surface area contributed by atoms with Gasteiger partial charge in [-0.05, 0) is 86.5 Å². The van der Waals surface area contributed by atoms with Crippen molar-refractivity contribution in [1.82, 2.24) is 13.7 Å². The minimum absolute atomic E-state index is 1.12. The van der Waals surface area contributed by atoms with E-state index >= 15 is 0 Å². The Morgan fingerprint density at radius 2 is 0.643 bits per heavy atom. The zero-order chi connectivity index (χ0) is 46.2. The molecule has 0 fully saturated rings. The summed E-state index contributed by atoms with van der Waals surface area (Å²) in [6.07, 6.45) is 0. The fourth-order valence-corrected chi connectivity index (χ4v) is 16.6. The van der Waals surface area contributed by atoms with Gasteiger partial charge in [-0.1, -0.05) is 218 Å². The van der Waals surface area contributed by atoms with E-state index in [9.17, 15) is 0 Å². The average molecular weight is 908 g/mol. The molecule has 0 N–H and O–H groups in total. The number of hydrogen-bond donors (Lipinski definition) is 0. The number of fused-ring (bicyclic) bond motifs is 9. The van der Waals surface area contributed by atoms with Gasteiger partial charge in [0.05, 0.1) is 44.5 Å². The fraction of sp³-hybridized carbons (Fsp3) is 0. The van der Waals surface area contributed by atoms with E-state index in [1.807, 2.05) is 0 Å². The number of nitrogens with zero attached hydrogens (tertiary/aromatic N) is 3. The zero-order valence-electron chi connectivity index (χ0n) is 38.3. The Morgan fingerprint density at radius 1 is 0.243 bits per heavy atom. The summed E-state index contributed by atoms with van der Waals surface area (Å²) in [6, 6.07) is 102. The summed E-state index contributed by atoms with van der Waals surface area (Å²) in [5.41, 5.74) is 12.9. The van der Waals surface area contributed by atoms with E-state index in [1.165, 1.54) is 97.5 Å². The summed E-state index contributed by atoms with van der Waals surface area (Å²) in [5, 5.41) is 12.7. The van der Waals surface area contributed by atoms with Crippen molar-refractivity contribution in [1.29, 1.82) is 0 Å². The zero-order valence-corrected chi connectivity index (χ0v) is 39.3. The van der Waals surface area contributed by atoms with Gasteiger partial charge in [0, 0.05) is 38.0 Å². The van der Waals surface area contributed by atoms with E-state index in [0.717, 1.165) is 16.9 Å². The van der Waals surface area contributed by atoms with Crippen molar-refractivity contribution in [2.24, 2.45) is 0 Å². The highest BCUT2D eigenvalue weighted by molar-refractivity contribution is 7.20. The first-order valence-electron chi connectivity index (χ1n) is 24.2. The second-order valence-corrected chi connectivity index (χ2v) is 22.2. The Morgan fingerprint density at radius 3 is 1.19 bits per heavy atom. The second-order valence-electron chi connectivity index (χ2n) is 18.4. The molecule has 14 aromatic rings. The molecule has 328 valence electrons. The maximum Gasteiger partial charge on any atom is 0.179 e. The molecule has 0 unspecified atom stereocenters. The molecule has 14 rings (SSSR count). The Kier molecular flexibility index (Phi) is 9.23. The minimum atomic E-state index is -3.08. The molecule has 3 nitrogen and oxygen atoms in total. The molecule has 0 atom stereocenters. The summed E-state index contributed by atoms with van der Waals surface area (Å²) in [4.78, 5) is 0. The standard InChI is InChI=1S/C66H45N3Si/c1-5-22-46(23-6-1)47-40-42-48(43-41-47)67-58-35-17-15-32-55(58)56-34-21-39-62(66(56)67)69-61-38-20-16-33-57(61)65-63(68-59-36-18-13-30-53(59)54-31-14-19-37-60(54)68)44-52(45-64(65)69)70(49-24-7-2-8-25-49,50-26-9-3-10-27-50)51-28-11-4-12-29-51/h1-45H. The number of benzene rings is 11. The van der Waals surface area contributed by atoms with Crippen LogP contribution in [0, 0.1) is 0 Å². The van der Waals surface area contributed by atoms with Crippen LogP contribution in [0.3, 0.4) is 0 Å². The van der Waals surface area contributed by atoms with Crippen molar-refractivity contribution >= 4 is 94.2 Å². The predicted molar refractivity (Wildman–Crippen MR) is 299 cm³/mol. The Labute approximate surface area is 407 Å². The Balaban J connectivity index is 1.17. The molecule has 0 amide bonds. The molecule has 0 saturated carbocycles. The van der Waals surface area contributed by atoms with Gasteiger partial charge in [0.1, 0.15) is 0 Å². The van der Waals surface area contributed by atoms with Crippen LogP contribution in [0.15, 0.2) is 273 Å². The van der Waals surface area contributed by atoms with E-state index in [2.05, 4.69) is 287 Å². The normalized spacial score (nSPS) is 12.0. The van der Waals surface area contributed by atoms with Gasteiger partial charge in [0.2, 0.25) is 0 Å². The van der Waals surface area contributed by atoms with Gasteiger partial charge in [-0.3, -0.25) is 0 Å². The summed E-state index contributed by atoms with van der Waals surface area (Å²) < 4.78 is 7.63. The molecule has 0 spiro atoms. The summed E-state index contributed by atoms with van der Waals surface area (Å²) >= 11 is 0. The van der Waals surface area contributed by atoms with Gasteiger partial charge in [0.15, 0.2) is 8.07 Å². The van der Waals surface area contributed by atoms with Crippen molar-refractivity contribution in [3.63, 3.8) is 0 Å². The summed E-state index contributed by atoms with van der Waals surface area (Å²) in [5.74, 6) is 0. The van der Waals surface area contributed by atoms with Crippen LogP contribution in [-0.2, 0) is 0 Å². The molecular weight excluding hydrogens is 863 g/mol. The summed E-state index contributed by atoms with van der Waals surface area (Å²) in [7, 11) is -3.08. The first-order valence-corrected chi connectivity index (χ1v) is 26.2. The maximum atomic E-state index is 2.59. The van der Waals surface area contributed by atoms with Crippen molar-refractivity contribution in [2.75, 3.05) is 0 Å². The number of para-hydroxylation sites is 5. The smallest absolute Gasteiger partial charge is 0.179 e. The first-order chi connectivity index (χ1) is 34.8. The molecule has 0 aliphatic rings. The minimum Gasteiger partial charge on any atom is -0.309 e. The highest BCUT2D eigenvalue weighted by atomic mass is 28.3. The molecular formula is C66H45N3Si. The highest BCUT2D eigenvalue weighted by Crippen LogP contribution is 2.43. The van der Waals surface area contributed by atoms with Crippen LogP contribution < -0.4 is 20.7 Å². The third-order valence-electron chi connectivity index (χ3n) is 14.8. The molecule has 70 heavy (non-hydrogen) atoms. The maximum absolute atomic E-state index is 3.08. The Bertz CT molecular complexity index is 4110. The molecule has 3 heterocycles.